The van der Waals surface area contributed by atoms with Crippen molar-refractivity contribution in [3.63, 3.8) is 0 Å². The molecule has 150 valence electrons. The molecule has 8 nitrogen and oxygen atoms in total. The number of amides is 2. The fourth-order valence-electron chi connectivity index (χ4n) is 4.00. The Labute approximate surface area is 166 Å². The van der Waals surface area contributed by atoms with Crippen LogP contribution in [0.25, 0.3) is 10.8 Å². The molecule has 2 heterocycles. The van der Waals surface area contributed by atoms with E-state index in [0.717, 1.165) is 10.8 Å². The van der Waals surface area contributed by atoms with Crippen molar-refractivity contribution in [2.75, 3.05) is 12.4 Å². The van der Waals surface area contributed by atoms with Gasteiger partial charge in [0.15, 0.2) is 0 Å². The Hall–Kier alpha value is -3.55. The number of benzene rings is 2. The highest BCUT2D eigenvalue weighted by Crippen LogP contribution is 2.38. The van der Waals surface area contributed by atoms with E-state index in [0.29, 0.717) is 23.4 Å². The lowest BCUT2D eigenvalue weighted by Crippen LogP contribution is -2.50. The van der Waals surface area contributed by atoms with Crippen molar-refractivity contribution >= 4 is 22.6 Å². The van der Waals surface area contributed by atoms with Crippen LogP contribution in [0.1, 0.15) is 31.0 Å². The highest BCUT2D eigenvalue weighted by atomic mass is 16.5. The molecule has 1 unspecified atom stereocenters. The van der Waals surface area contributed by atoms with Crippen molar-refractivity contribution < 1.29 is 9.53 Å². The van der Waals surface area contributed by atoms with Crippen LogP contribution in [-0.2, 0) is 13.1 Å². The second kappa shape index (κ2) is 7.12. The molecule has 0 bridgehead atoms. The SMILES string of the molecule is CCn1c2c(c(=O)n(CC)c1=O)C(c1c(OC)ccc3ccccc13)NC(=O)N2. The van der Waals surface area contributed by atoms with Gasteiger partial charge in [-0.2, -0.15) is 0 Å². The first-order chi connectivity index (χ1) is 14.0. The van der Waals surface area contributed by atoms with E-state index in [1.165, 1.54) is 9.13 Å². The Morgan fingerprint density at radius 2 is 1.69 bits per heavy atom. The second-order valence-corrected chi connectivity index (χ2v) is 6.77. The summed E-state index contributed by atoms with van der Waals surface area (Å²) in [7, 11) is 1.55. The van der Waals surface area contributed by atoms with Crippen LogP contribution in [0.5, 0.6) is 5.75 Å². The molecule has 4 rings (SSSR count). The number of hydrogen-bond acceptors (Lipinski definition) is 4. The summed E-state index contributed by atoms with van der Waals surface area (Å²) in [4.78, 5) is 38.5. The minimum atomic E-state index is -0.761. The van der Waals surface area contributed by atoms with Crippen molar-refractivity contribution in [2.45, 2.75) is 33.0 Å². The summed E-state index contributed by atoms with van der Waals surface area (Å²) < 4.78 is 8.19. The average molecular weight is 394 g/mol. The Morgan fingerprint density at radius 1 is 0.966 bits per heavy atom. The maximum Gasteiger partial charge on any atom is 0.332 e. The third kappa shape index (κ3) is 2.79. The summed E-state index contributed by atoms with van der Waals surface area (Å²) >= 11 is 0. The van der Waals surface area contributed by atoms with Gasteiger partial charge in [0.2, 0.25) is 0 Å². The van der Waals surface area contributed by atoms with E-state index in [1.807, 2.05) is 36.4 Å². The molecular formula is C21H22N4O4. The zero-order valence-corrected chi connectivity index (χ0v) is 16.5. The number of fused-ring (bicyclic) bond motifs is 2. The van der Waals surface area contributed by atoms with E-state index in [9.17, 15) is 14.4 Å². The molecule has 0 saturated carbocycles. The van der Waals surface area contributed by atoms with Crippen LogP contribution >= 0.6 is 0 Å². The molecule has 0 radical (unpaired) electrons. The van der Waals surface area contributed by atoms with E-state index >= 15 is 0 Å². The Balaban J connectivity index is 2.13. The van der Waals surface area contributed by atoms with Gasteiger partial charge < -0.3 is 10.1 Å². The molecule has 1 aliphatic heterocycles. The standard InChI is InChI=1S/C21H22N4O4/c1-4-24-18-16(19(26)25(5-2)21(24)28)17(22-20(27)23-18)15-13-9-7-6-8-12(13)10-11-14(15)29-3/h6-11,17H,4-5H2,1-3H3,(H2,22,23,27). The van der Waals surface area contributed by atoms with Crippen molar-refractivity contribution in [1.82, 2.24) is 14.5 Å². The predicted octanol–water partition coefficient (Wildman–Crippen LogP) is 2.44. The van der Waals surface area contributed by atoms with E-state index in [4.69, 9.17) is 4.74 Å². The lowest BCUT2D eigenvalue weighted by atomic mass is 9.92. The zero-order valence-electron chi connectivity index (χ0n) is 16.5. The average Bonchev–Trinajstić information content (AvgIpc) is 2.72. The molecule has 29 heavy (non-hydrogen) atoms. The largest absolute Gasteiger partial charge is 0.496 e. The number of carbonyl (C=O) groups excluding carboxylic acids is 1. The molecule has 3 aromatic rings. The number of urea groups is 1. The van der Waals surface area contributed by atoms with Crippen molar-refractivity contribution in [1.29, 1.82) is 0 Å². The molecule has 0 saturated heterocycles. The number of carbonyl (C=O) groups is 1. The molecule has 2 N–H and O–H groups in total. The van der Waals surface area contributed by atoms with E-state index in [2.05, 4.69) is 10.6 Å². The fourth-order valence-corrected chi connectivity index (χ4v) is 4.00. The molecule has 2 amide bonds. The fraction of sp³-hybridized carbons (Fsp3) is 0.286. The smallest absolute Gasteiger partial charge is 0.332 e. The molecule has 1 aromatic heterocycles. The van der Waals surface area contributed by atoms with E-state index < -0.39 is 23.3 Å². The van der Waals surface area contributed by atoms with Gasteiger partial charge in [-0.25, -0.2) is 9.59 Å². The van der Waals surface area contributed by atoms with Gasteiger partial charge in [0, 0.05) is 18.7 Å². The number of anilines is 1. The molecule has 1 aliphatic rings. The number of nitrogens with one attached hydrogen (secondary N) is 2. The highest BCUT2D eigenvalue weighted by Gasteiger charge is 2.35. The Kier molecular flexibility index (Phi) is 4.62. The summed E-state index contributed by atoms with van der Waals surface area (Å²) in [5, 5.41) is 7.33. The summed E-state index contributed by atoms with van der Waals surface area (Å²) in [5.74, 6) is 0.787. The quantitative estimate of drug-likeness (QED) is 0.711. The maximum absolute atomic E-state index is 13.3. The van der Waals surface area contributed by atoms with Gasteiger partial charge in [0.05, 0.1) is 18.7 Å². The number of hydrogen-bond donors (Lipinski definition) is 2. The first-order valence-corrected chi connectivity index (χ1v) is 9.52. The van der Waals surface area contributed by atoms with Crippen LogP contribution in [0, 0.1) is 0 Å². The maximum atomic E-state index is 13.3. The molecule has 0 fully saturated rings. The second-order valence-electron chi connectivity index (χ2n) is 6.77. The summed E-state index contributed by atoms with van der Waals surface area (Å²) in [6, 6.07) is 10.2. The molecule has 0 aliphatic carbocycles. The molecule has 8 heteroatoms. The zero-order chi connectivity index (χ0) is 20.7. The van der Waals surface area contributed by atoms with Crippen LogP contribution in [0.4, 0.5) is 10.6 Å². The van der Waals surface area contributed by atoms with Crippen LogP contribution in [0.2, 0.25) is 0 Å². The van der Waals surface area contributed by atoms with Crippen molar-refractivity contribution in [2.24, 2.45) is 0 Å². The number of nitrogens with zero attached hydrogens (tertiary/aromatic N) is 2. The highest BCUT2D eigenvalue weighted by molar-refractivity contribution is 5.95. The lowest BCUT2D eigenvalue weighted by molar-refractivity contribution is 0.248. The van der Waals surface area contributed by atoms with Gasteiger partial charge in [-0.3, -0.25) is 19.2 Å². The van der Waals surface area contributed by atoms with Crippen molar-refractivity contribution in [3.8, 4) is 5.75 Å². The third-order valence-corrected chi connectivity index (χ3v) is 5.33. The lowest BCUT2D eigenvalue weighted by Gasteiger charge is -2.30. The van der Waals surface area contributed by atoms with Crippen LogP contribution < -0.4 is 26.6 Å². The number of rotatable bonds is 4. The normalized spacial score (nSPS) is 15.6. The molecular weight excluding hydrogens is 372 g/mol. The number of ether oxygens (including phenoxy) is 1. The monoisotopic (exact) mass is 394 g/mol. The number of methoxy groups -OCH3 is 1. The Bertz CT molecular complexity index is 1240. The summed E-state index contributed by atoms with van der Waals surface area (Å²) in [5.41, 5.74) is 0.139. The van der Waals surface area contributed by atoms with Gasteiger partial charge >= 0.3 is 11.7 Å². The predicted molar refractivity (Wildman–Crippen MR) is 111 cm³/mol. The van der Waals surface area contributed by atoms with Gasteiger partial charge in [0.1, 0.15) is 11.6 Å². The molecule has 2 aromatic carbocycles. The van der Waals surface area contributed by atoms with E-state index in [1.54, 1.807) is 21.0 Å². The Morgan fingerprint density at radius 3 is 2.38 bits per heavy atom. The number of aromatic nitrogens is 2. The van der Waals surface area contributed by atoms with Crippen molar-refractivity contribution in [3.05, 3.63) is 68.4 Å². The first kappa shape index (κ1) is 18.8. The topological polar surface area (TPSA) is 94.4 Å². The van der Waals surface area contributed by atoms with Gasteiger partial charge in [-0.15, -0.1) is 0 Å². The third-order valence-electron chi connectivity index (χ3n) is 5.33. The van der Waals surface area contributed by atoms with Crippen LogP contribution in [0.3, 0.4) is 0 Å². The van der Waals surface area contributed by atoms with Crippen LogP contribution in [-0.4, -0.2) is 22.3 Å². The minimum absolute atomic E-state index is 0.232. The summed E-state index contributed by atoms with van der Waals surface area (Å²) in [6.07, 6.45) is 0. The van der Waals surface area contributed by atoms with Gasteiger partial charge in [-0.05, 0) is 30.7 Å². The first-order valence-electron chi connectivity index (χ1n) is 9.52. The van der Waals surface area contributed by atoms with Gasteiger partial charge in [-0.1, -0.05) is 30.3 Å². The summed E-state index contributed by atoms with van der Waals surface area (Å²) in [6.45, 7) is 4.10. The minimum Gasteiger partial charge on any atom is -0.496 e. The van der Waals surface area contributed by atoms with Crippen LogP contribution in [0.15, 0.2) is 46.0 Å². The molecule has 0 spiro atoms. The molecule has 1 atom stereocenters. The van der Waals surface area contributed by atoms with Gasteiger partial charge in [0.25, 0.3) is 5.56 Å². The van der Waals surface area contributed by atoms with E-state index in [-0.39, 0.29) is 12.4 Å².